The third-order valence-corrected chi connectivity index (χ3v) is 8.32. The Bertz CT molecular complexity index is 1430. The van der Waals surface area contributed by atoms with Gasteiger partial charge >= 0.3 is 0 Å². The van der Waals surface area contributed by atoms with E-state index >= 15 is 0 Å². The molecule has 0 aliphatic rings. The minimum atomic E-state index is -0.846. The van der Waals surface area contributed by atoms with Crippen molar-refractivity contribution in [3.05, 3.63) is 91.0 Å². The van der Waals surface area contributed by atoms with Crippen LogP contribution in [-0.2, 0) is 41.0 Å². The molecule has 15 nitrogen and oxygen atoms in total. The van der Waals surface area contributed by atoms with Gasteiger partial charge in [0.25, 0.3) is 0 Å². The molecule has 0 aliphatic heterocycles. The molecule has 1 atom stereocenters. The SMILES string of the molecule is O=C(CCCCCCC(=O)Nc1ccccc1)NO.O=C(CCCCCCC(=O)Nc1ccccc1)NO.O=C(CCCCCCC(O)NO)Nc1ccccc1.[Fe]. The Morgan fingerprint density at radius 2 is 0.655 bits per heavy atom. The van der Waals surface area contributed by atoms with Gasteiger partial charge in [0, 0.05) is 66.2 Å². The maximum absolute atomic E-state index is 11.6. The van der Waals surface area contributed by atoms with Crippen molar-refractivity contribution in [2.75, 3.05) is 16.0 Å². The van der Waals surface area contributed by atoms with E-state index in [1.807, 2.05) is 91.0 Å². The van der Waals surface area contributed by atoms with Gasteiger partial charge in [-0.25, -0.2) is 11.0 Å². The second-order valence-corrected chi connectivity index (χ2v) is 13.2. The van der Waals surface area contributed by atoms with E-state index in [1.165, 1.54) is 0 Å². The van der Waals surface area contributed by atoms with E-state index in [4.69, 9.17) is 20.7 Å². The molecule has 3 rings (SSSR count). The molecule has 0 aromatic heterocycles. The van der Waals surface area contributed by atoms with E-state index in [-0.39, 0.29) is 46.6 Å². The maximum atomic E-state index is 11.6. The summed E-state index contributed by atoms with van der Waals surface area (Å²) in [7, 11) is 0. The van der Waals surface area contributed by atoms with Crippen LogP contribution in [0.4, 0.5) is 17.1 Å². The van der Waals surface area contributed by atoms with Crippen LogP contribution in [0, 0.1) is 0 Å². The summed E-state index contributed by atoms with van der Waals surface area (Å²) in [5.74, 6) is -0.662. The molecule has 10 N–H and O–H groups in total. The van der Waals surface area contributed by atoms with Crippen molar-refractivity contribution in [2.45, 2.75) is 122 Å². The summed E-state index contributed by atoms with van der Waals surface area (Å²) in [5.41, 5.74) is 7.44. The maximum Gasteiger partial charge on any atom is 0.243 e. The molecule has 16 heteroatoms. The predicted molar refractivity (Wildman–Crippen MR) is 219 cm³/mol. The number of anilines is 3. The van der Waals surface area contributed by atoms with Crippen LogP contribution in [0.15, 0.2) is 91.0 Å². The third kappa shape index (κ3) is 31.4. The fourth-order valence-corrected chi connectivity index (χ4v) is 5.24. The Balaban J connectivity index is 0.000000833. The molecule has 3 aromatic rings. The number of benzene rings is 3. The summed E-state index contributed by atoms with van der Waals surface area (Å²) in [6.45, 7) is 0. The van der Waals surface area contributed by atoms with Crippen LogP contribution in [0.2, 0.25) is 0 Å². The average molecular weight is 851 g/mol. The zero-order valence-corrected chi connectivity index (χ0v) is 34.3. The molecule has 0 saturated carbocycles. The number of amides is 5. The molecule has 5 amide bonds. The third-order valence-electron chi connectivity index (χ3n) is 8.32. The van der Waals surface area contributed by atoms with E-state index in [9.17, 15) is 24.0 Å². The fraction of sp³-hybridized carbons (Fsp3) is 0.452. The van der Waals surface area contributed by atoms with Crippen molar-refractivity contribution in [3.8, 4) is 0 Å². The van der Waals surface area contributed by atoms with E-state index in [1.54, 1.807) is 16.4 Å². The number of para-hydroxylation sites is 3. The first-order valence-corrected chi connectivity index (χ1v) is 19.6. The van der Waals surface area contributed by atoms with Crippen LogP contribution in [0.1, 0.15) is 116 Å². The molecule has 0 bridgehead atoms. The molecule has 1 unspecified atom stereocenters. The number of aliphatic hydroxyl groups excluding tert-OH is 1. The van der Waals surface area contributed by atoms with Crippen molar-refractivity contribution in [1.82, 2.24) is 16.4 Å². The summed E-state index contributed by atoms with van der Waals surface area (Å²) in [6, 6.07) is 28.1. The van der Waals surface area contributed by atoms with Gasteiger partial charge in [0.2, 0.25) is 29.5 Å². The molecule has 0 radical (unpaired) electrons. The smallest absolute Gasteiger partial charge is 0.243 e. The van der Waals surface area contributed by atoms with Crippen molar-refractivity contribution < 1.29 is 61.8 Å². The van der Waals surface area contributed by atoms with Gasteiger partial charge in [-0.3, -0.25) is 34.4 Å². The summed E-state index contributed by atoms with van der Waals surface area (Å²) >= 11 is 0. The van der Waals surface area contributed by atoms with Gasteiger partial charge < -0.3 is 26.3 Å². The Hall–Kier alpha value is -4.67. The monoisotopic (exact) mass is 850 g/mol. The first kappa shape index (κ1) is 53.3. The summed E-state index contributed by atoms with van der Waals surface area (Å²) < 4.78 is 0. The second-order valence-electron chi connectivity index (χ2n) is 13.2. The Morgan fingerprint density at radius 1 is 0.397 bits per heavy atom. The van der Waals surface area contributed by atoms with Gasteiger partial charge in [-0.15, -0.1) is 0 Å². The number of carbonyl (C=O) groups excluding carboxylic acids is 5. The molecule has 0 aliphatic carbocycles. The largest absolute Gasteiger partial charge is 0.377 e. The van der Waals surface area contributed by atoms with Crippen LogP contribution in [0.25, 0.3) is 0 Å². The van der Waals surface area contributed by atoms with Crippen molar-refractivity contribution in [2.24, 2.45) is 0 Å². The van der Waals surface area contributed by atoms with Crippen LogP contribution in [-0.4, -0.2) is 56.5 Å². The number of unbranched alkanes of at least 4 members (excludes halogenated alkanes) is 9. The molecular weight excluding hydrogens is 788 g/mol. The Kier molecular flexibility index (Phi) is 33.7. The van der Waals surface area contributed by atoms with Gasteiger partial charge in [-0.2, -0.15) is 5.48 Å². The number of nitrogens with one attached hydrogen (secondary N) is 6. The topological polar surface area (TPSA) is 238 Å². The minimum absolute atomic E-state index is 0. The van der Waals surface area contributed by atoms with Crippen LogP contribution < -0.4 is 32.4 Å². The molecule has 0 spiro atoms. The molecule has 0 fully saturated rings. The normalized spacial score (nSPS) is 10.5. The van der Waals surface area contributed by atoms with E-state index in [0.29, 0.717) is 38.5 Å². The minimum Gasteiger partial charge on any atom is -0.377 e. The number of hydrogen-bond donors (Lipinski definition) is 10. The zero-order chi connectivity index (χ0) is 41.8. The Morgan fingerprint density at radius 3 is 0.914 bits per heavy atom. The average Bonchev–Trinajstić information content (AvgIpc) is 3.23. The van der Waals surface area contributed by atoms with Gasteiger partial charge in [0.15, 0.2) is 0 Å². The number of aliphatic hydroxyl groups is 1. The van der Waals surface area contributed by atoms with Gasteiger partial charge in [-0.05, 0) is 81.3 Å². The van der Waals surface area contributed by atoms with Gasteiger partial charge in [0.05, 0.1) is 0 Å². The number of hydroxylamine groups is 3. The predicted octanol–water partition coefficient (Wildman–Crippen LogP) is 7.20. The standard InChI is InChI=1S/C14H22N2O3.2C14H20N2O3.Fe/c3*17-13(15-12-8-4-3-5-9-12)10-6-1-2-7-11-14(18)16-19;/h3-5,8-9,14,16,18-19H,1-2,6-7,10-11H2,(H,15,17);2*3-5,8-9,19H,1-2,6-7,10-11H2,(H,15,17)(H,16,18);. The molecule has 58 heavy (non-hydrogen) atoms. The summed E-state index contributed by atoms with van der Waals surface area (Å²) in [6.07, 6.45) is 12.0. The second kappa shape index (κ2) is 36.7. The summed E-state index contributed by atoms with van der Waals surface area (Å²) in [4.78, 5) is 56.2. The van der Waals surface area contributed by atoms with Crippen molar-refractivity contribution >= 4 is 46.6 Å². The number of carbonyl (C=O) groups is 5. The summed E-state index contributed by atoms with van der Waals surface area (Å²) in [5, 5.41) is 42.5. The first-order chi connectivity index (χ1) is 27.7. The quantitative estimate of drug-likeness (QED) is 0.0135. The van der Waals surface area contributed by atoms with E-state index in [2.05, 4.69) is 16.0 Å². The van der Waals surface area contributed by atoms with E-state index < -0.39 is 6.23 Å². The van der Waals surface area contributed by atoms with Crippen LogP contribution >= 0.6 is 0 Å². The number of hydrogen-bond acceptors (Lipinski definition) is 10. The number of rotatable bonds is 25. The van der Waals surface area contributed by atoms with Crippen LogP contribution in [0.5, 0.6) is 0 Å². The molecule has 322 valence electrons. The molecular formula is C42H62FeN6O9. The van der Waals surface area contributed by atoms with Crippen LogP contribution in [0.3, 0.4) is 0 Å². The zero-order valence-electron chi connectivity index (χ0n) is 33.1. The van der Waals surface area contributed by atoms with Crippen molar-refractivity contribution in [1.29, 1.82) is 0 Å². The van der Waals surface area contributed by atoms with Gasteiger partial charge in [0.1, 0.15) is 6.23 Å². The van der Waals surface area contributed by atoms with Gasteiger partial charge in [-0.1, -0.05) is 93.1 Å². The molecule has 0 heterocycles. The first-order valence-electron chi connectivity index (χ1n) is 19.6. The van der Waals surface area contributed by atoms with Crippen molar-refractivity contribution in [3.63, 3.8) is 0 Å². The fourth-order valence-electron chi connectivity index (χ4n) is 5.24. The molecule has 3 aromatic carbocycles. The molecule has 0 saturated heterocycles. The van der Waals surface area contributed by atoms with E-state index in [0.717, 1.165) is 94.1 Å². The Labute approximate surface area is 352 Å².